The fourth-order valence-electron chi connectivity index (χ4n) is 2.53. The minimum atomic E-state index is 0.691. The van der Waals surface area contributed by atoms with Gasteiger partial charge in [-0.3, -0.25) is 0 Å². The molecule has 16 heavy (non-hydrogen) atoms. The van der Waals surface area contributed by atoms with Crippen LogP contribution in [0.4, 0.5) is 5.69 Å². The van der Waals surface area contributed by atoms with Crippen LogP contribution >= 0.6 is 27.5 Å². The molecule has 0 N–H and O–H groups in total. The highest BCUT2D eigenvalue weighted by Gasteiger charge is 2.25. The van der Waals surface area contributed by atoms with E-state index in [9.17, 15) is 0 Å². The Labute approximate surface area is 111 Å². The molecule has 1 atom stereocenters. The van der Waals surface area contributed by atoms with Crippen molar-refractivity contribution in [2.75, 3.05) is 11.4 Å². The molecule has 1 heterocycles. The third-order valence-corrected chi connectivity index (χ3v) is 4.30. The van der Waals surface area contributed by atoms with E-state index in [4.69, 9.17) is 11.6 Å². The van der Waals surface area contributed by atoms with E-state index in [0.717, 1.165) is 10.4 Å². The number of alkyl halides is 1. The number of rotatable bonds is 3. The van der Waals surface area contributed by atoms with Crippen LogP contribution in [-0.2, 0) is 5.33 Å². The Bertz CT molecular complexity index is 367. The summed E-state index contributed by atoms with van der Waals surface area (Å²) < 4.78 is 0. The summed E-state index contributed by atoms with van der Waals surface area (Å²) in [7, 11) is 0. The molecule has 0 amide bonds. The summed E-state index contributed by atoms with van der Waals surface area (Å²) in [6, 6.07) is 6.90. The van der Waals surface area contributed by atoms with Crippen molar-refractivity contribution in [2.24, 2.45) is 0 Å². The number of anilines is 1. The van der Waals surface area contributed by atoms with Gasteiger partial charge in [0.1, 0.15) is 0 Å². The first-order valence-electron chi connectivity index (χ1n) is 5.88. The molecular weight excluding hydrogens is 286 g/mol. The van der Waals surface area contributed by atoms with E-state index in [0.29, 0.717) is 6.04 Å². The van der Waals surface area contributed by atoms with E-state index in [2.05, 4.69) is 39.9 Å². The fraction of sp³-hybridized carbons (Fsp3) is 0.538. The maximum absolute atomic E-state index is 6.24. The molecule has 0 radical (unpaired) electrons. The molecule has 88 valence electrons. The van der Waals surface area contributed by atoms with Crippen molar-refractivity contribution in [1.82, 2.24) is 0 Å². The van der Waals surface area contributed by atoms with Gasteiger partial charge in [-0.15, -0.1) is 0 Å². The zero-order valence-electron chi connectivity index (χ0n) is 9.55. The Hall–Kier alpha value is -0.210. The average Bonchev–Trinajstić information content (AvgIpc) is 2.76. The van der Waals surface area contributed by atoms with Crippen molar-refractivity contribution in [3.8, 4) is 0 Å². The van der Waals surface area contributed by atoms with Crippen LogP contribution in [0.2, 0.25) is 5.02 Å². The van der Waals surface area contributed by atoms with Gasteiger partial charge < -0.3 is 4.90 Å². The Balaban J connectivity index is 2.35. The fourth-order valence-corrected chi connectivity index (χ4v) is 3.51. The Kier molecular flexibility index (Phi) is 4.15. The van der Waals surface area contributed by atoms with Crippen molar-refractivity contribution >= 4 is 33.2 Å². The molecular formula is C13H17BrClN. The molecule has 0 saturated carbocycles. The van der Waals surface area contributed by atoms with Crippen LogP contribution in [0.3, 0.4) is 0 Å². The lowest BCUT2D eigenvalue weighted by molar-refractivity contribution is 0.644. The lowest BCUT2D eigenvalue weighted by atomic mass is 10.1. The van der Waals surface area contributed by atoms with Crippen LogP contribution in [0.1, 0.15) is 31.7 Å². The predicted molar refractivity (Wildman–Crippen MR) is 74.7 cm³/mol. The van der Waals surface area contributed by atoms with Crippen molar-refractivity contribution in [3.63, 3.8) is 0 Å². The van der Waals surface area contributed by atoms with Gasteiger partial charge in [0, 0.05) is 34.2 Å². The van der Waals surface area contributed by atoms with Crippen LogP contribution in [0.25, 0.3) is 0 Å². The maximum atomic E-state index is 6.24. The van der Waals surface area contributed by atoms with Gasteiger partial charge >= 0.3 is 0 Å². The second-order valence-electron chi connectivity index (χ2n) is 4.27. The van der Waals surface area contributed by atoms with Crippen molar-refractivity contribution in [1.29, 1.82) is 0 Å². The van der Waals surface area contributed by atoms with Crippen molar-refractivity contribution < 1.29 is 0 Å². The molecule has 2 rings (SSSR count). The highest BCUT2D eigenvalue weighted by molar-refractivity contribution is 9.08. The predicted octanol–water partition coefficient (Wildman–Crippen LogP) is 4.61. The lowest BCUT2D eigenvalue weighted by Gasteiger charge is -2.28. The maximum Gasteiger partial charge on any atom is 0.0467 e. The molecule has 0 spiro atoms. The van der Waals surface area contributed by atoms with E-state index < -0.39 is 0 Å². The molecule has 0 aliphatic carbocycles. The monoisotopic (exact) mass is 301 g/mol. The summed E-state index contributed by atoms with van der Waals surface area (Å²) in [4.78, 5) is 2.52. The minimum Gasteiger partial charge on any atom is -0.368 e. The molecule has 3 heteroatoms. The van der Waals surface area contributed by atoms with E-state index in [-0.39, 0.29) is 0 Å². The number of hydrogen-bond acceptors (Lipinski definition) is 1. The van der Waals surface area contributed by atoms with Crippen LogP contribution < -0.4 is 4.90 Å². The highest BCUT2D eigenvalue weighted by atomic mass is 79.9. The first kappa shape index (κ1) is 12.3. The molecule has 1 unspecified atom stereocenters. The van der Waals surface area contributed by atoms with Gasteiger partial charge in [-0.05, 0) is 31.4 Å². The topological polar surface area (TPSA) is 3.24 Å². The highest BCUT2D eigenvalue weighted by Crippen LogP contribution is 2.34. The summed E-state index contributed by atoms with van der Waals surface area (Å²) in [6.07, 6.45) is 3.83. The van der Waals surface area contributed by atoms with Gasteiger partial charge in [0.05, 0.1) is 0 Å². The molecule has 1 aromatic carbocycles. The number of nitrogens with zero attached hydrogens (tertiary/aromatic N) is 1. The van der Waals surface area contributed by atoms with Gasteiger partial charge in [-0.25, -0.2) is 0 Å². The van der Waals surface area contributed by atoms with Crippen molar-refractivity contribution in [3.05, 3.63) is 28.8 Å². The van der Waals surface area contributed by atoms with Crippen LogP contribution in [0, 0.1) is 0 Å². The van der Waals surface area contributed by atoms with Crippen LogP contribution in [0.5, 0.6) is 0 Å². The summed E-state index contributed by atoms with van der Waals surface area (Å²) in [5, 5.41) is 1.70. The molecule has 1 aliphatic rings. The zero-order chi connectivity index (χ0) is 11.5. The van der Waals surface area contributed by atoms with E-state index in [1.807, 2.05) is 6.07 Å². The van der Waals surface area contributed by atoms with Gasteiger partial charge in [0.25, 0.3) is 0 Å². The second-order valence-corrected chi connectivity index (χ2v) is 5.24. The normalized spacial score (nSPS) is 20.4. The van der Waals surface area contributed by atoms with Crippen molar-refractivity contribution in [2.45, 2.75) is 37.6 Å². The standard InChI is InChI=1S/C13H17BrClN/c1-2-10-5-4-8-16(10)13-7-3-6-12(15)11(13)9-14/h3,6-7,10H,2,4-5,8-9H2,1H3. The number of halogens is 2. The smallest absolute Gasteiger partial charge is 0.0467 e. The van der Waals surface area contributed by atoms with Gasteiger partial charge in [-0.1, -0.05) is 40.5 Å². The Morgan fingerprint density at radius 1 is 1.50 bits per heavy atom. The molecule has 1 nitrogen and oxygen atoms in total. The first-order valence-corrected chi connectivity index (χ1v) is 7.37. The van der Waals surface area contributed by atoms with Gasteiger partial charge in [0.2, 0.25) is 0 Å². The summed E-state index contributed by atoms with van der Waals surface area (Å²) in [5.74, 6) is 0. The van der Waals surface area contributed by atoms with Crippen LogP contribution in [0.15, 0.2) is 18.2 Å². The van der Waals surface area contributed by atoms with Gasteiger partial charge in [0.15, 0.2) is 0 Å². The molecule has 1 aromatic rings. The third-order valence-electron chi connectivity index (χ3n) is 3.39. The lowest BCUT2D eigenvalue weighted by Crippen LogP contribution is -2.29. The molecule has 1 aliphatic heterocycles. The average molecular weight is 303 g/mol. The second kappa shape index (κ2) is 5.42. The quantitative estimate of drug-likeness (QED) is 0.737. The summed E-state index contributed by atoms with van der Waals surface area (Å²) in [6.45, 7) is 3.43. The first-order chi connectivity index (χ1) is 7.77. The SMILES string of the molecule is CCC1CCCN1c1cccc(Cl)c1CBr. The van der Waals surface area contributed by atoms with E-state index >= 15 is 0 Å². The third kappa shape index (κ3) is 2.23. The summed E-state index contributed by atoms with van der Waals surface area (Å²) >= 11 is 9.78. The zero-order valence-corrected chi connectivity index (χ0v) is 11.9. The Morgan fingerprint density at radius 2 is 2.31 bits per heavy atom. The summed E-state index contributed by atoms with van der Waals surface area (Å²) in [5.41, 5.74) is 2.54. The molecule has 0 bridgehead atoms. The van der Waals surface area contributed by atoms with E-state index in [1.54, 1.807) is 0 Å². The van der Waals surface area contributed by atoms with Gasteiger partial charge in [-0.2, -0.15) is 0 Å². The minimum absolute atomic E-state index is 0.691. The van der Waals surface area contributed by atoms with E-state index in [1.165, 1.54) is 37.1 Å². The molecule has 0 aromatic heterocycles. The van der Waals surface area contributed by atoms with Crippen LogP contribution in [-0.4, -0.2) is 12.6 Å². The molecule has 1 fully saturated rings. The molecule has 1 saturated heterocycles. The largest absolute Gasteiger partial charge is 0.368 e. The number of hydrogen-bond donors (Lipinski definition) is 0. The Morgan fingerprint density at radius 3 is 3.00 bits per heavy atom. The number of benzene rings is 1.